The minimum atomic E-state index is -0.510. The van der Waals surface area contributed by atoms with Crippen LogP contribution in [0, 0.1) is 34.5 Å². The normalized spacial score (nSPS) is 45.1. The van der Waals surface area contributed by atoms with Gasteiger partial charge in [-0.3, -0.25) is 14.4 Å². The molecule has 0 saturated heterocycles. The van der Waals surface area contributed by atoms with Gasteiger partial charge in [-0.15, -0.1) is 0 Å². The van der Waals surface area contributed by atoms with Crippen LogP contribution >= 0.6 is 0 Å². The van der Waals surface area contributed by atoms with Crippen LogP contribution in [-0.2, 0) is 14.4 Å². The van der Waals surface area contributed by atoms with Crippen LogP contribution in [0.2, 0.25) is 0 Å². The third kappa shape index (κ3) is 2.51. The molecule has 0 amide bonds. The number of hydrogen-bond donors (Lipinski definition) is 0. The first-order valence-corrected chi connectivity index (χ1v) is 9.43. The van der Waals surface area contributed by atoms with E-state index in [2.05, 4.69) is 6.92 Å². The van der Waals surface area contributed by atoms with Crippen LogP contribution in [-0.4, -0.2) is 17.3 Å². The van der Waals surface area contributed by atoms with E-state index in [4.69, 9.17) is 0 Å². The lowest BCUT2D eigenvalue weighted by molar-refractivity contribution is -0.142. The van der Waals surface area contributed by atoms with E-state index >= 15 is 0 Å². The topological polar surface area (TPSA) is 51.2 Å². The quantitative estimate of drug-likeness (QED) is 0.576. The predicted octanol–water partition coefficient (Wildman–Crippen LogP) is 4.15. The molecule has 3 saturated carbocycles. The molecule has 3 unspecified atom stereocenters. The Morgan fingerprint density at radius 1 is 1.04 bits per heavy atom. The molecule has 0 spiro atoms. The molecule has 24 heavy (non-hydrogen) atoms. The molecule has 0 aromatic rings. The van der Waals surface area contributed by atoms with Crippen molar-refractivity contribution in [2.45, 2.75) is 66.2 Å². The number of carbonyl (C=O) groups is 3. The van der Waals surface area contributed by atoms with Gasteiger partial charge in [-0.1, -0.05) is 13.0 Å². The molecule has 3 heteroatoms. The molecule has 0 aromatic carbocycles. The van der Waals surface area contributed by atoms with Crippen LogP contribution in [0.15, 0.2) is 12.2 Å². The summed E-state index contributed by atoms with van der Waals surface area (Å²) < 4.78 is 0. The Morgan fingerprint density at radius 2 is 1.75 bits per heavy atom. The second-order valence-corrected chi connectivity index (χ2v) is 8.85. The summed E-state index contributed by atoms with van der Waals surface area (Å²) in [7, 11) is 0. The average Bonchev–Trinajstić information content (AvgIpc) is 2.86. The summed E-state index contributed by atoms with van der Waals surface area (Å²) >= 11 is 0. The molecule has 0 N–H and O–H groups in total. The van der Waals surface area contributed by atoms with Crippen LogP contribution < -0.4 is 0 Å². The van der Waals surface area contributed by atoms with Crippen molar-refractivity contribution >= 4 is 17.3 Å². The first-order valence-electron chi connectivity index (χ1n) is 9.43. The van der Waals surface area contributed by atoms with Crippen LogP contribution in [0.3, 0.4) is 0 Å². The van der Waals surface area contributed by atoms with Crippen LogP contribution in [0.5, 0.6) is 0 Å². The highest BCUT2D eigenvalue weighted by Crippen LogP contribution is 2.64. The van der Waals surface area contributed by atoms with Gasteiger partial charge in [0.2, 0.25) is 0 Å². The van der Waals surface area contributed by atoms with Crippen molar-refractivity contribution in [3.8, 4) is 0 Å². The van der Waals surface area contributed by atoms with Crippen LogP contribution in [0.4, 0.5) is 0 Å². The molecule has 0 heterocycles. The molecule has 3 aliphatic carbocycles. The number of rotatable bonds is 3. The van der Waals surface area contributed by atoms with E-state index in [0.717, 1.165) is 32.1 Å². The molecule has 3 aliphatic rings. The number of fused-ring (bicyclic) bond motifs is 3. The van der Waals surface area contributed by atoms with Gasteiger partial charge >= 0.3 is 0 Å². The summed E-state index contributed by atoms with van der Waals surface area (Å²) in [5, 5.41) is 0. The molecular formula is C21H30O3. The Morgan fingerprint density at radius 3 is 2.38 bits per heavy atom. The van der Waals surface area contributed by atoms with E-state index in [1.807, 2.05) is 13.0 Å². The molecule has 132 valence electrons. The van der Waals surface area contributed by atoms with Crippen LogP contribution in [0.25, 0.3) is 0 Å². The number of allylic oxidation sites excluding steroid dienone is 2. The number of Topliss-reactive ketones (excluding diaryl/α,β-unsaturated/α-hetero) is 2. The van der Waals surface area contributed by atoms with Crippen molar-refractivity contribution < 1.29 is 14.4 Å². The summed E-state index contributed by atoms with van der Waals surface area (Å²) in [6.45, 7) is 7.63. The highest BCUT2D eigenvalue weighted by atomic mass is 16.2. The molecule has 0 bridgehead atoms. The minimum Gasteiger partial charge on any atom is -0.300 e. The van der Waals surface area contributed by atoms with Crippen molar-refractivity contribution in [2.24, 2.45) is 34.5 Å². The zero-order chi connectivity index (χ0) is 17.7. The third-order valence-electron chi connectivity index (χ3n) is 7.67. The Hall–Kier alpha value is -1.25. The van der Waals surface area contributed by atoms with E-state index in [0.29, 0.717) is 30.0 Å². The van der Waals surface area contributed by atoms with Crippen molar-refractivity contribution in [2.75, 3.05) is 0 Å². The molecule has 3 rings (SSSR count). The fraction of sp³-hybridized carbons (Fsp3) is 0.762. The number of carbonyl (C=O) groups excluding carboxylic acids is 3. The van der Waals surface area contributed by atoms with E-state index in [-0.39, 0.29) is 22.9 Å². The van der Waals surface area contributed by atoms with E-state index in [9.17, 15) is 14.4 Å². The third-order valence-corrected chi connectivity index (χ3v) is 7.67. The molecule has 0 aliphatic heterocycles. The number of hydrogen-bond acceptors (Lipinski definition) is 3. The first-order chi connectivity index (χ1) is 11.2. The maximum atomic E-state index is 12.7. The molecule has 6 atom stereocenters. The zero-order valence-electron chi connectivity index (χ0n) is 15.4. The van der Waals surface area contributed by atoms with Gasteiger partial charge in [0.25, 0.3) is 0 Å². The van der Waals surface area contributed by atoms with Crippen molar-refractivity contribution in [3.63, 3.8) is 0 Å². The van der Waals surface area contributed by atoms with Gasteiger partial charge in [0.15, 0.2) is 5.78 Å². The summed E-state index contributed by atoms with van der Waals surface area (Å²) in [6, 6.07) is 0. The monoisotopic (exact) mass is 333 g/mol. The van der Waals surface area contributed by atoms with Gasteiger partial charge in [0, 0.05) is 17.8 Å². The molecule has 0 aromatic heterocycles. The molecule has 3 nitrogen and oxygen atoms in total. The standard InChI is InChI=1S/C21H30O3/c1-13(22)9-11-21(4)18-10-12-20(3)16(14(2)23)6-7-17(20)15(18)5-8-19(21)24/h9,11,15-18H,5-8,10,12H2,1-4H3/b11-9+/t15?,16-,17?,18?,20-,21-/m1/s1/i1+1,9+1,13+1. The van der Waals surface area contributed by atoms with Gasteiger partial charge < -0.3 is 0 Å². The van der Waals surface area contributed by atoms with Gasteiger partial charge in [0.05, 0.1) is 0 Å². The fourth-order valence-corrected chi connectivity index (χ4v) is 6.38. The van der Waals surface area contributed by atoms with Gasteiger partial charge in [-0.25, -0.2) is 0 Å². The Kier molecular flexibility index (Phi) is 4.34. The lowest BCUT2D eigenvalue weighted by Crippen LogP contribution is -2.52. The first kappa shape index (κ1) is 17.6. The second-order valence-electron chi connectivity index (χ2n) is 8.85. The number of ketones is 3. The van der Waals surface area contributed by atoms with E-state index < -0.39 is 5.41 Å². The highest BCUT2D eigenvalue weighted by Gasteiger charge is 2.59. The van der Waals surface area contributed by atoms with Crippen molar-refractivity contribution in [1.29, 1.82) is 0 Å². The molecular weight excluding hydrogens is 303 g/mol. The molecule has 0 radical (unpaired) electrons. The Bertz CT molecular complexity index is 604. The summed E-state index contributed by atoms with van der Waals surface area (Å²) in [5.74, 6) is 2.19. The maximum absolute atomic E-state index is 12.7. The van der Waals surface area contributed by atoms with Crippen LogP contribution in [0.1, 0.15) is 66.2 Å². The Balaban J connectivity index is 1.93. The summed E-state index contributed by atoms with van der Waals surface area (Å²) in [5.41, 5.74) is -0.400. The zero-order valence-corrected chi connectivity index (χ0v) is 15.4. The van der Waals surface area contributed by atoms with Gasteiger partial charge in [0.1, 0.15) is 11.6 Å². The largest absolute Gasteiger partial charge is 0.300 e. The maximum Gasteiger partial charge on any atom is 0.152 e. The van der Waals surface area contributed by atoms with E-state index in [1.165, 1.54) is 6.92 Å². The minimum absolute atomic E-state index is 0.00399. The second kappa shape index (κ2) is 5.93. The lowest BCUT2D eigenvalue weighted by Gasteiger charge is -2.54. The SMILES string of the molecule is CC(=O)[C@H]1CCC2C3CCC(=O)[C@](C)(/C=[13CH]/[13C]([13CH3])=O)C3CC[C@@]21C. The Labute approximate surface area is 145 Å². The smallest absolute Gasteiger partial charge is 0.152 e. The predicted molar refractivity (Wildman–Crippen MR) is 93.4 cm³/mol. The van der Waals surface area contributed by atoms with Gasteiger partial charge in [-0.05, 0) is 82.1 Å². The highest BCUT2D eigenvalue weighted by molar-refractivity contribution is 5.91. The summed E-state index contributed by atoms with van der Waals surface area (Å²) in [4.78, 5) is 36.2. The molecule has 3 fully saturated rings. The fourth-order valence-electron chi connectivity index (χ4n) is 6.38. The average molecular weight is 333 g/mol. The van der Waals surface area contributed by atoms with Gasteiger partial charge in [-0.2, -0.15) is 0 Å². The van der Waals surface area contributed by atoms with E-state index in [1.54, 1.807) is 13.0 Å². The van der Waals surface area contributed by atoms with Crippen molar-refractivity contribution in [1.82, 2.24) is 0 Å². The van der Waals surface area contributed by atoms with Crippen molar-refractivity contribution in [3.05, 3.63) is 12.2 Å². The lowest BCUT2D eigenvalue weighted by atomic mass is 9.49. The summed E-state index contributed by atoms with van der Waals surface area (Å²) in [6.07, 6.45) is 9.17.